The van der Waals surface area contributed by atoms with Crippen LogP contribution in [-0.4, -0.2) is 11.3 Å². The molecule has 2 N–H and O–H groups in total. The lowest BCUT2D eigenvalue weighted by atomic mass is 10.2. The van der Waals surface area contributed by atoms with Gasteiger partial charge in [0.2, 0.25) is 0 Å². The maximum atomic E-state index is 13.4. The lowest BCUT2D eigenvalue weighted by Gasteiger charge is -2.07. The summed E-state index contributed by atoms with van der Waals surface area (Å²) in [4.78, 5) is 0. The van der Waals surface area contributed by atoms with Gasteiger partial charge < -0.3 is 5.32 Å². The molecule has 21 heavy (non-hydrogen) atoms. The highest BCUT2D eigenvalue weighted by Gasteiger charge is 2.04. The summed E-state index contributed by atoms with van der Waals surface area (Å²) in [5.41, 5.74) is 3.50. The van der Waals surface area contributed by atoms with Crippen LogP contribution in [0.15, 0.2) is 52.0 Å². The Balaban J connectivity index is 1.93. The fourth-order valence-corrected chi connectivity index (χ4v) is 2.07. The lowest BCUT2D eigenvalue weighted by molar-refractivity contribution is 0.586. The minimum atomic E-state index is -0.727. The number of hydrogen-bond acceptors (Lipinski definition) is 2. The van der Waals surface area contributed by atoms with Crippen molar-refractivity contribution in [3.63, 3.8) is 0 Å². The van der Waals surface area contributed by atoms with Crippen LogP contribution >= 0.6 is 28.1 Å². The van der Waals surface area contributed by atoms with Gasteiger partial charge in [-0.3, -0.25) is 5.43 Å². The number of thiocarbonyl (C=S) groups is 1. The quantitative estimate of drug-likeness (QED) is 0.486. The Bertz CT molecular complexity index is 692. The van der Waals surface area contributed by atoms with Gasteiger partial charge in [0.15, 0.2) is 5.11 Å². The number of halogens is 3. The van der Waals surface area contributed by atoms with Crippen molar-refractivity contribution in [2.45, 2.75) is 0 Å². The van der Waals surface area contributed by atoms with Crippen molar-refractivity contribution >= 4 is 45.2 Å². The average molecular weight is 370 g/mol. The summed E-state index contributed by atoms with van der Waals surface area (Å²) in [5, 5.41) is 6.62. The van der Waals surface area contributed by atoms with Crippen LogP contribution in [-0.2, 0) is 0 Å². The van der Waals surface area contributed by atoms with E-state index in [9.17, 15) is 8.78 Å². The average Bonchev–Trinajstić information content (AvgIpc) is 2.42. The third-order valence-corrected chi connectivity index (χ3v) is 3.09. The first-order valence-electron chi connectivity index (χ1n) is 5.85. The van der Waals surface area contributed by atoms with Gasteiger partial charge in [-0.05, 0) is 42.0 Å². The van der Waals surface area contributed by atoms with E-state index in [2.05, 4.69) is 31.8 Å². The molecule has 0 spiro atoms. The molecule has 0 aliphatic carbocycles. The zero-order valence-corrected chi connectivity index (χ0v) is 13.0. The van der Waals surface area contributed by atoms with E-state index in [-0.39, 0.29) is 10.8 Å². The molecule has 2 aromatic carbocycles. The fraction of sp³-hybridized carbons (Fsp3) is 0. The predicted octanol–water partition coefficient (Wildman–Crippen LogP) is 4.05. The topological polar surface area (TPSA) is 36.4 Å². The Labute approximate surface area is 134 Å². The van der Waals surface area contributed by atoms with Crippen molar-refractivity contribution in [3.8, 4) is 0 Å². The van der Waals surface area contributed by atoms with Gasteiger partial charge in [0, 0.05) is 10.5 Å². The van der Waals surface area contributed by atoms with Crippen molar-refractivity contribution in [1.29, 1.82) is 0 Å². The Hall–Kier alpha value is -1.86. The van der Waals surface area contributed by atoms with Gasteiger partial charge in [-0.15, -0.1) is 0 Å². The highest BCUT2D eigenvalue weighted by Crippen LogP contribution is 2.14. The van der Waals surface area contributed by atoms with E-state index in [1.807, 2.05) is 24.3 Å². The number of nitrogens with one attached hydrogen (secondary N) is 2. The molecule has 0 aliphatic heterocycles. The second-order valence-corrected chi connectivity index (χ2v) is 5.33. The van der Waals surface area contributed by atoms with Gasteiger partial charge in [0.1, 0.15) is 11.6 Å². The highest BCUT2D eigenvalue weighted by atomic mass is 79.9. The van der Waals surface area contributed by atoms with Crippen LogP contribution in [0.25, 0.3) is 0 Å². The maximum Gasteiger partial charge on any atom is 0.191 e. The predicted molar refractivity (Wildman–Crippen MR) is 87.5 cm³/mol. The van der Waals surface area contributed by atoms with Crippen LogP contribution in [0.3, 0.4) is 0 Å². The number of hydrogen-bond donors (Lipinski definition) is 2. The molecule has 0 saturated carbocycles. The van der Waals surface area contributed by atoms with Crippen LogP contribution in [0, 0.1) is 11.6 Å². The number of rotatable bonds is 3. The molecular formula is C14H10BrF2N3S. The summed E-state index contributed by atoms with van der Waals surface area (Å²) in [5.74, 6) is -1.38. The summed E-state index contributed by atoms with van der Waals surface area (Å²) in [6.07, 6.45) is 1.57. The summed E-state index contributed by atoms with van der Waals surface area (Å²) >= 11 is 8.31. The molecule has 0 aliphatic rings. The fourth-order valence-electron chi connectivity index (χ4n) is 1.49. The summed E-state index contributed by atoms with van der Waals surface area (Å²) < 4.78 is 27.1. The van der Waals surface area contributed by atoms with E-state index in [4.69, 9.17) is 12.2 Å². The Morgan fingerprint density at radius 2 is 2.00 bits per heavy atom. The molecule has 0 heterocycles. The first-order valence-corrected chi connectivity index (χ1v) is 7.05. The van der Waals surface area contributed by atoms with Crippen molar-refractivity contribution < 1.29 is 8.78 Å². The van der Waals surface area contributed by atoms with Crippen LogP contribution in [0.5, 0.6) is 0 Å². The molecule has 0 bridgehead atoms. The van der Waals surface area contributed by atoms with Crippen LogP contribution in [0.1, 0.15) is 5.56 Å². The zero-order chi connectivity index (χ0) is 15.2. The number of anilines is 1. The third kappa shape index (κ3) is 4.87. The van der Waals surface area contributed by atoms with Crippen molar-refractivity contribution in [3.05, 3.63) is 64.1 Å². The lowest BCUT2D eigenvalue weighted by Crippen LogP contribution is -2.24. The van der Waals surface area contributed by atoms with Crippen molar-refractivity contribution in [1.82, 2.24) is 5.43 Å². The molecule has 7 heteroatoms. The molecule has 0 saturated heterocycles. The molecule has 0 radical (unpaired) electrons. The van der Waals surface area contributed by atoms with Crippen LogP contribution in [0.4, 0.5) is 14.5 Å². The van der Waals surface area contributed by atoms with E-state index in [1.165, 1.54) is 6.07 Å². The SMILES string of the molecule is Fc1ccc(NC(=S)N/N=C\c2cccc(Br)c2)c(F)c1. The van der Waals surface area contributed by atoms with Gasteiger partial charge >= 0.3 is 0 Å². The molecular weight excluding hydrogens is 360 g/mol. The highest BCUT2D eigenvalue weighted by molar-refractivity contribution is 9.10. The second kappa shape index (κ2) is 7.24. The van der Waals surface area contributed by atoms with Gasteiger partial charge in [-0.1, -0.05) is 28.1 Å². The van der Waals surface area contributed by atoms with Crippen molar-refractivity contribution in [2.24, 2.45) is 5.10 Å². The Morgan fingerprint density at radius 1 is 1.19 bits per heavy atom. The smallest absolute Gasteiger partial charge is 0.191 e. The van der Waals surface area contributed by atoms with E-state index in [1.54, 1.807) is 6.21 Å². The molecule has 0 unspecified atom stereocenters. The summed E-state index contributed by atoms with van der Waals surface area (Å²) in [7, 11) is 0. The van der Waals surface area contributed by atoms with Gasteiger partial charge in [0.25, 0.3) is 0 Å². The normalized spacial score (nSPS) is 10.6. The molecule has 0 amide bonds. The molecule has 2 aromatic rings. The Kier molecular flexibility index (Phi) is 5.35. The van der Waals surface area contributed by atoms with E-state index >= 15 is 0 Å². The second-order valence-electron chi connectivity index (χ2n) is 4.00. The van der Waals surface area contributed by atoms with Gasteiger partial charge in [-0.25, -0.2) is 8.78 Å². The molecule has 0 aromatic heterocycles. The zero-order valence-electron chi connectivity index (χ0n) is 10.6. The number of nitrogens with zero attached hydrogens (tertiary/aromatic N) is 1. The largest absolute Gasteiger partial charge is 0.329 e. The number of hydrazone groups is 1. The third-order valence-electron chi connectivity index (χ3n) is 2.41. The van der Waals surface area contributed by atoms with Gasteiger partial charge in [0.05, 0.1) is 11.9 Å². The van der Waals surface area contributed by atoms with Gasteiger partial charge in [-0.2, -0.15) is 5.10 Å². The van der Waals surface area contributed by atoms with E-state index < -0.39 is 11.6 Å². The van der Waals surface area contributed by atoms with Crippen LogP contribution < -0.4 is 10.7 Å². The molecule has 2 rings (SSSR count). The summed E-state index contributed by atoms with van der Waals surface area (Å²) in [6.45, 7) is 0. The van der Waals surface area contributed by atoms with E-state index in [0.717, 1.165) is 22.2 Å². The summed E-state index contributed by atoms with van der Waals surface area (Å²) in [6, 6.07) is 10.7. The van der Waals surface area contributed by atoms with Crippen LogP contribution in [0.2, 0.25) is 0 Å². The molecule has 108 valence electrons. The standard InChI is InChI=1S/C14H10BrF2N3S/c15-10-3-1-2-9(6-10)8-18-20-14(21)19-13-5-4-11(16)7-12(13)17/h1-8H,(H2,19,20,21)/b18-8-. The minimum Gasteiger partial charge on any atom is -0.329 e. The Morgan fingerprint density at radius 3 is 2.71 bits per heavy atom. The first-order chi connectivity index (χ1) is 10.0. The number of benzene rings is 2. The minimum absolute atomic E-state index is 0.0755. The van der Waals surface area contributed by atoms with Crippen molar-refractivity contribution in [2.75, 3.05) is 5.32 Å². The van der Waals surface area contributed by atoms with E-state index in [0.29, 0.717) is 0 Å². The molecule has 0 fully saturated rings. The first kappa shape index (κ1) is 15.5. The molecule has 0 atom stereocenters. The molecule has 3 nitrogen and oxygen atoms in total. The monoisotopic (exact) mass is 369 g/mol. The maximum absolute atomic E-state index is 13.4.